The molecule has 0 spiro atoms. The summed E-state index contributed by atoms with van der Waals surface area (Å²) in [6, 6.07) is -1.23. The molecule has 8 heteroatoms. The Morgan fingerprint density at radius 2 is 0.863 bits per heavy atom. The number of aliphatic hydroxyl groups is 2. The molecule has 4 N–H and O–H groups in total. The van der Waals surface area contributed by atoms with E-state index in [-0.39, 0.29) is 6.42 Å². The van der Waals surface area contributed by atoms with Gasteiger partial charge in [-0.3, -0.25) is 9.35 Å². The molecule has 1 amide bonds. The number of unbranched alkanes of at least 4 members (excludes halogenated alkanes) is 28. The summed E-state index contributed by atoms with van der Waals surface area (Å²) in [6.45, 7) is 4.51. The van der Waals surface area contributed by atoms with Gasteiger partial charge in [-0.2, -0.15) is 8.42 Å². The Balaban J connectivity index is 4.01. The number of amides is 1. The van der Waals surface area contributed by atoms with Crippen molar-refractivity contribution in [2.45, 2.75) is 238 Å². The van der Waals surface area contributed by atoms with Crippen molar-refractivity contribution in [2.75, 3.05) is 5.75 Å². The van der Waals surface area contributed by atoms with Gasteiger partial charge in [0.25, 0.3) is 10.1 Å². The number of rotatable bonds is 39. The van der Waals surface area contributed by atoms with Gasteiger partial charge in [-0.25, -0.2) is 0 Å². The van der Waals surface area contributed by atoms with Crippen LogP contribution >= 0.6 is 0 Å². The third-order valence-corrected chi connectivity index (χ3v) is 10.8. The molecule has 0 aromatic rings. The standard InChI is InChI=1S/C43H83NO6S/c1-3-5-7-9-11-13-15-17-19-21-22-24-25-27-29-31-33-35-37-41(45)40(39-51(48,49)50)44-43(47)42(46)38-36-34-32-30-28-26-23-20-18-16-14-12-10-8-6-4-2/h18,20,35,37,40-42,45-46H,3-17,19,21-34,36,38-39H2,1-2H3,(H,44,47)(H,48,49,50)/b20-18-,37-35+. The van der Waals surface area contributed by atoms with Crippen molar-refractivity contribution < 1.29 is 28.0 Å². The van der Waals surface area contributed by atoms with E-state index in [1.54, 1.807) is 6.08 Å². The number of nitrogens with one attached hydrogen (secondary N) is 1. The lowest BCUT2D eigenvalue weighted by Gasteiger charge is -2.22. The summed E-state index contributed by atoms with van der Waals surface area (Å²) in [5.74, 6) is -1.54. The van der Waals surface area contributed by atoms with Crippen LogP contribution in [0.2, 0.25) is 0 Å². The summed E-state index contributed by atoms with van der Waals surface area (Å²) >= 11 is 0. The van der Waals surface area contributed by atoms with Crippen LogP contribution in [0.15, 0.2) is 24.3 Å². The van der Waals surface area contributed by atoms with Gasteiger partial charge in [0.15, 0.2) is 0 Å². The van der Waals surface area contributed by atoms with E-state index >= 15 is 0 Å². The van der Waals surface area contributed by atoms with Crippen LogP contribution in [0.4, 0.5) is 0 Å². The van der Waals surface area contributed by atoms with E-state index in [0.717, 1.165) is 44.9 Å². The maximum atomic E-state index is 12.6. The van der Waals surface area contributed by atoms with Gasteiger partial charge in [-0.05, 0) is 44.9 Å². The quantitative estimate of drug-likeness (QED) is 0.0282. The maximum absolute atomic E-state index is 12.6. The fourth-order valence-electron chi connectivity index (χ4n) is 6.63. The van der Waals surface area contributed by atoms with Gasteiger partial charge in [0.2, 0.25) is 5.91 Å². The van der Waals surface area contributed by atoms with Gasteiger partial charge in [0.05, 0.1) is 17.9 Å². The molecule has 51 heavy (non-hydrogen) atoms. The normalized spacial score (nSPS) is 14.1. The van der Waals surface area contributed by atoms with Crippen molar-refractivity contribution in [1.82, 2.24) is 5.32 Å². The number of allylic oxidation sites excluding steroid dienone is 3. The van der Waals surface area contributed by atoms with Crippen molar-refractivity contribution in [3.8, 4) is 0 Å². The highest BCUT2D eigenvalue weighted by atomic mass is 32.2. The van der Waals surface area contributed by atoms with Gasteiger partial charge in [-0.15, -0.1) is 0 Å². The van der Waals surface area contributed by atoms with E-state index in [2.05, 4.69) is 31.3 Å². The number of aliphatic hydroxyl groups excluding tert-OH is 2. The van der Waals surface area contributed by atoms with Crippen LogP contribution in [0.5, 0.6) is 0 Å². The van der Waals surface area contributed by atoms with Gasteiger partial charge in [0, 0.05) is 0 Å². The Morgan fingerprint density at radius 1 is 0.529 bits per heavy atom. The van der Waals surface area contributed by atoms with Crippen LogP contribution in [0.3, 0.4) is 0 Å². The molecule has 0 aliphatic rings. The molecule has 0 saturated carbocycles. The highest BCUT2D eigenvalue weighted by Gasteiger charge is 2.27. The van der Waals surface area contributed by atoms with Crippen molar-refractivity contribution in [3.05, 3.63) is 24.3 Å². The Bertz CT molecular complexity index is 921. The maximum Gasteiger partial charge on any atom is 0.267 e. The molecule has 7 nitrogen and oxygen atoms in total. The Labute approximate surface area is 316 Å². The fourth-order valence-corrected chi connectivity index (χ4v) is 7.36. The zero-order valence-corrected chi connectivity index (χ0v) is 34.2. The molecular formula is C43H83NO6S. The minimum absolute atomic E-state index is 0.275. The van der Waals surface area contributed by atoms with E-state index in [1.807, 2.05) is 0 Å². The zero-order chi connectivity index (χ0) is 37.7. The zero-order valence-electron chi connectivity index (χ0n) is 33.4. The number of hydrogen-bond donors (Lipinski definition) is 4. The van der Waals surface area contributed by atoms with Crippen LogP contribution in [0, 0.1) is 0 Å². The number of carbonyl (C=O) groups is 1. The van der Waals surface area contributed by atoms with Gasteiger partial charge in [0.1, 0.15) is 6.10 Å². The molecule has 0 rings (SSSR count). The minimum atomic E-state index is -4.44. The highest BCUT2D eigenvalue weighted by molar-refractivity contribution is 7.85. The topological polar surface area (TPSA) is 124 Å². The van der Waals surface area contributed by atoms with Gasteiger partial charge < -0.3 is 15.5 Å². The lowest BCUT2D eigenvalue weighted by Crippen LogP contribution is -2.50. The summed E-state index contributed by atoms with van der Waals surface area (Å²) in [6.07, 6.45) is 43.7. The lowest BCUT2D eigenvalue weighted by atomic mass is 10.0. The molecule has 0 fully saturated rings. The molecule has 0 heterocycles. The first kappa shape index (κ1) is 49.8. The summed E-state index contributed by atoms with van der Waals surface area (Å²) in [5, 5.41) is 23.4. The predicted octanol–water partition coefficient (Wildman–Crippen LogP) is 11.7. The fraction of sp³-hybridized carbons (Fsp3) is 0.884. The number of hydrogen-bond acceptors (Lipinski definition) is 5. The molecule has 0 radical (unpaired) electrons. The van der Waals surface area contributed by atoms with Crippen LogP contribution in [0.1, 0.15) is 219 Å². The van der Waals surface area contributed by atoms with Crippen LogP contribution in [-0.2, 0) is 14.9 Å². The highest BCUT2D eigenvalue weighted by Crippen LogP contribution is 2.15. The Morgan fingerprint density at radius 3 is 1.24 bits per heavy atom. The Kier molecular flexibility index (Phi) is 36.2. The molecule has 0 bridgehead atoms. The largest absolute Gasteiger partial charge is 0.387 e. The summed E-state index contributed by atoms with van der Waals surface area (Å²) < 4.78 is 32.6. The van der Waals surface area contributed by atoms with Crippen molar-refractivity contribution in [2.24, 2.45) is 0 Å². The Hall–Kier alpha value is -1.22. The monoisotopic (exact) mass is 742 g/mol. The van der Waals surface area contributed by atoms with Crippen LogP contribution in [0.25, 0.3) is 0 Å². The van der Waals surface area contributed by atoms with Gasteiger partial charge >= 0.3 is 0 Å². The van der Waals surface area contributed by atoms with Crippen molar-refractivity contribution in [1.29, 1.82) is 0 Å². The second-order valence-corrected chi connectivity index (χ2v) is 16.6. The first-order chi connectivity index (χ1) is 24.7. The first-order valence-corrected chi connectivity index (χ1v) is 23.3. The van der Waals surface area contributed by atoms with E-state index in [9.17, 15) is 28.0 Å². The summed E-state index contributed by atoms with van der Waals surface area (Å²) in [4.78, 5) is 12.6. The molecule has 3 unspecified atom stereocenters. The summed E-state index contributed by atoms with van der Waals surface area (Å²) in [7, 11) is -4.44. The smallest absolute Gasteiger partial charge is 0.267 e. The molecular weight excluding hydrogens is 659 g/mol. The average molecular weight is 742 g/mol. The van der Waals surface area contributed by atoms with Crippen LogP contribution < -0.4 is 5.32 Å². The molecule has 3 atom stereocenters. The first-order valence-electron chi connectivity index (χ1n) is 21.6. The van der Waals surface area contributed by atoms with Gasteiger partial charge in [-0.1, -0.05) is 199 Å². The van der Waals surface area contributed by atoms with Crippen LogP contribution in [-0.4, -0.2) is 53.1 Å². The molecule has 302 valence electrons. The second-order valence-electron chi connectivity index (χ2n) is 15.1. The predicted molar refractivity (Wildman–Crippen MR) is 218 cm³/mol. The third kappa shape index (κ3) is 36.9. The lowest BCUT2D eigenvalue weighted by molar-refractivity contribution is -0.130. The molecule has 0 aromatic carbocycles. The number of carbonyl (C=O) groups excluding carboxylic acids is 1. The second kappa shape index (κ2) is 37.1. The average Bonchev–Trinajstić information content (AvgIpc) is 3.09. The molecule has 0 aliphatic carbocycles. The van der Waals surface area contributed by atoms with E-state index < -0.39 is 40.0 Å². The van der Waals surface area contributed by atoms with E-state index in [0.29, 0.717) is 6.42 Å². The van der Waals surface area contributed by atoms with E-state index in [1.165, 1.54) is 154 Å². The molecule has 0 aromatic heterocycles. The third-order valence-electron chi connectivity index (χ3n) is 9.98. The molecule has 0 aliphatic heterocycles. The molecule has 0 saturated heterocycles. The van der Waals surface area contributed by atoms with E-state index in [4.69, 9.17) is 0 Å². The van der Waals surface area contributed by atoms with Crippen molar-refractivity contribution in [3.63, 3.8) is 0 Å². The minimum Gasteiger partial charge on any atom is -0.387 e. The summed E-state index contributed by atoms with van der Waals surface area (Å²) in [5.41, 5.74) is 0. The van der Waals surface area contributed by atoms with Crippen molar-refractivity contribution >= 4 is 16.0 Å². The SMILES string of the molecule is CCCCCCCC/C=C\CCCCCCCCC(O)C(=O)NC(CS(=O)(=O)O)C(O)/C=C/CCCCCCCCCCCCCCCCCC.